The summed E-state index contributed by atoms with van der Waals surface area (Å²) in [6.07, 6.45) is 7.06. The molecule has 2 unspecified atom stereocenters. The summed E-state index contributed by atoms with van der Waals surface area (Å²) in [4.78, 5) is 4.11. The van der Waals surface area contributed by atoms with Gasteiger partial charge < -0.3 is 5.32 Å². The second-order valence-corrected chi connectivity index (χ2v) is 4.37. The normalized spacial score (nSPS) is 29.4. The molecule has 1 aromatic heterocycles. The Balaban J connectivity index is 1.95. The second kappa shape index (κ2) is 3.07. The summed E-state index contributed by atoms with van der Waals surface area (Å²) in [5.41, 5.74) is 2.54. The van der Waals surface area contributed by atoms with Crippen molar-refractivity contribution in [1.82, 2.24) is 10.3 Å². The molecule has 1 N–H and O–H groups in total. The minimum atomic E-state index is 0.551. The van der Waals surface area contributed by atoms with E-state index in [-0.39, 0.29) is 0 Å². The molecule has 1 fully saturated rings. The molecule has 1 aliphatic carbocycles. The van der Waals surface area contributed by atoms with E-state index in [1.807, 2.05) is 12.3 Å². The Morgan fingerprint density at radius 3 is 3.00 bits per heavy atom. The maximum absolute atomic E-state index is 5.92. The highest BCUT2D eigenvalue weighted by molar-refractivity contribution is 6.30. The molecule has 2 aliphatic rings. The number of halogens is 1. The van der Waals surface area contributed by atoms with Crippen molar-refractivity contribution >= 4 is 17.2 Å². The molecule has 3 rings (SSSR count). The van der Waals surface area contributed by atoms with Gasteiger partial charge in [-0.25, -0.2) is 0 Å². The fourth-order valence-corrected chi connectivity index (χ4v) is 2.43. The van der Waals surface area contributed by atoms with Crippen LogP contribution in [0.5, 0.6) is 0 Å². The third-order valence-electron chi connectivity index (χ3n) is 3.09. The van der Waals surface area contributed by atoms with Gasteiger partial charge in [0, 0.05) is 25.0 Å². The summed E-state index contributed by atoms with van der Waals surface area (Å²) in [5, 5.41) is 4.15. The first kappa shape index (κ1) is 8.45. The van der Waals surface area contributed by atoms with Crippen LogP contribution < -0.4 is 5.32 Å². The molecule has 3 heteroatoms. The Morgan fingerprint density at radius 1 is 1.43 bits per heavy atom. The Labute approximate surface area is 88.0 Å². The molecule has 0 radical (unpaired) electrons. The van der Waals surface area contributed by atoms with Crippen LogP contribution in [0.4, 0.5) is 0 Å². The summed E-state index contributed by atoms with van der Waals surface area (Å²) in [7, 11) is 0. The fraction of sp³-hybridized carbons (Fsp3) is 0.364. The zero-order valence-corrected chi connectivity index (χ0v) is 8.46. The lowest BCUT2D eigenvalue weighted by Crippen LogP contribution is -2.50. The van der Waals surface area contributed by atoms with E-state index in [2.05, 4.69) is 16.4 Å². The van der Waals surface area contributed by atoms with Crippen molar-refractivity contribution in [3.8, 4) is 0 Å². The minimum Gasteiger partial charge on any atom is -0.309 e. The van der Waals surface area contributed by atoms with Crippen molar-refractivity contribution in [3.05, 3.63) is 35.1 Å². The van der Waals surface area contributed by atoms with Crippen LogP contribution in [0, 0.1) is 5.92 Å². The third kappa shape index (κ3) is 1.18. The topological polar surface area (TPSA) is 24.9 Å². The highest BCUT2D eigenvalue weighted by Gasteiger charge is 2.37. The van der Waals surface area contributed by atoms with E-state index < -0.39 is 0 Å². The Hall–Kier alpha value is -0.860. The van der Waals surface area contributed by atoms with Gasteiger partial charge in [-0.3, -0.25) is 4.98 Å². The number of nitrogens with one attached hydrogen (secondary N) is 1. The lowest BCUT2D eigenvalue weighted by Gasteiger charge is -2.34. The molecule has 1 aliphatic heterocycles. The summed E-state index contributed by atoms with van der Waals surface area (Å²) < 4.78 is 0. The Morgan fingerprint density at radius 2 is 2.36 bits per heavy atom. The maximum atomic E-state index is 5.92. The van der Waals surface area contributed by atoms with Crippen molar-refractivity contribution in [2.24, 2.45) is 5.92 Å². The zero-order chi connectivity index (χ0) is 9.54. The lowest BCUT2D eigenvalue weighted by molar-refractivity contribution is 0.307. The number of allylic oxidation sites excluding steroid dienone is 1. The molecule has 2 atom stereocenters. The first-order valence-electron chi connectivity index (χ1n) is 4.89. The van der Waals surface area contributed by atoms with E-state index >= 15 is 0 Å². The molecule has 1 aromatic rings. The molecule has 0 aromatic carbocycles. The number of nitrogens with zero attached hydrogens (tertiary/aromatic N) is 1. The standard InChI is InChI=1S/C11H11ClN2/c12-9-3-8(4-13-6-9)10-2-1-7-5-14-11(7)10/h2-4,6-7,11,14H,1,5H2. The van der Waals surface area contributed by atoms with Gasteiger partial charge in [-0.2, -0.15) is 0 Å². The summed E-state index contributed by atoms with van der Waals surface area (Å²) in [5.74, 6) is 0.809. The zero-order valence-electron chi connectivity index (χ0n) is 7.70. The van der Waals surface area contributed by atoms with E-state index in [9.17, 15) is 0 Å². The Bertz CT molecular complexity index is 400. The van der Waals surface area contributed by atoms with Crippen LogP contribution in [0.25, 0.3) is 5.57 Å². The SMILES string of the molecule is Clc1cncc(C2=CCC3CNC23)c1. The molecule has 14 heavy (non-hydrogen) atoms. The van der Waals surface area contributed by atoms with Crippen LogP contribution in [0.3, 0.4) is 0 Å². The molecule has 1 saturated heterocycles. The van der Waals surface area contributed by atoms with Gasteiger partial charge in [0.25, 0.3) is 0 Å². The number of pyridine rings is 1. The maximum Gasteiger partial charge on any atom is 0.0595 e. The molecule has 0 bridgehead atoms. The van der Waals surface area contributed by atoms with E-state index in [1.165, 1.54) is 12.0 Å². The monoisotopic (exact) mass is 206 g/mol. The van der Waals surface area contributed by atoms with E-state index in [0.29, 0.717) is 11.1 Å². The average Bonchev–Trinajstić information content (AvgIpc) is 2.41. The van der Waals surface area contributed by atoms with Gasteiger partial charge in [0.1, 0.15) is 0 Å². The van der Waals surface area contributed by atoms with Crippen LogP contribution in [0.1, 0.15) is 12.0 Å². The van der Waals surface area contributed by atoms with Gasteiger partial charge in [0.15, 0.2) is 0 Å². The molecule has 72 valence electrons. The van der Waals surface area contributed by atoms with Gasteiger partial charge in [0.2, 0.25) is 0 Å². The van der Waals surface area contributed by atoms with E-state index in [4.69, 9.17) is 11.6 Å². The molecule has 0 amide bonds. The molecular weight excluding hydrogens is 196 g/mol. The first-order valence-corrected chi connectivity index (χ1v) is 5.27. The number of hydrogen-bond acceptors (Lipinski definition) is 2. The highest BCUT2D eigenvalue weighted by atomic mass is 35.5. The van der Waals surface area contributed by atoms with Gasteiger partial charge in [0.05, 0.1) is 5.02 Å². The van der Waals surface area contributed by atoms with Gasteiger partial charge in [-0.05, 0) is 29.5 Å². The summed E-state index contributed by atoms with van der Waals surface area (Å²) in [6, 6.07) is 2.54. The van der Waals surface area contributed by atoms with Crippen LogP contribution in [-0.2, 0) is 0 Å². The van der Waals surface area contributed by atoms with Gasteiger partial charge in [-0.1, -0.05) is 17.7 Å². The predicted octanol–water partition coefficient (Wildman–Crippen LogP) is 2.11. The van der Waals surface area contributed by atoms with Crippen LogP contribution >= 0.6 is 11.6 Å². The molecule has 0 spiro atoms. The van der Waals surface area contributed by atoms with Crippen LogP contribution in [0.15, 0.2) is 24.5 Å². The fourth-order valence-electron chi connectivity index (χ4n) is 2.26. The average molecular weight is 207 g/mol. The predicted molar refractivity (Wildman–Crippen MR) is 57.1 cm³/mol. The van der Waals surface area contributed by atoms with Crippen LogP contribution in [0.2, 0.25) is 5.02 Å². The van der Waals surface area contributed by atoms with Crippen molar-refractivity contribution in [3.63, 3.8) is 0 Å². The molecule has 2 heterocycles. The highest BCUT2D eigenvalue weighted by Crippen LogP contribution is 2.37. The second-order valence-electron chi connectivity index (χ2n) is 3.93. The number of rotatable bonds is 1. The first-order chi connectivity index (χ1) is 6.84. The quantitative estimate of drug-likeness (QED) is 0.762. The molecule has 2 nitrogen and oxygen atoms in total. The van der Waals surface area contributed by atoms with Crippen molar-refractivity contribution < 1.29 is 0 Å². The minimum absolute atomic E-state index is 0.551. The summed E-state index contributed by atoms with van der Waals surface area (Å²) >= 11 is 5.92. The van der Waals surface area contributed by atoms with E-state index in [1.54, 1.807) is 6.20 Å². The molecular formula is C11H11ClN2. The molecule has 0 saturated carbocycles. The lowest BCUT2D eigenvalue weighted by atomic mass is 9.89. The van der Waals surface area contributed by atoms with Crippen LogP contribution in [-0.4, -0.2) is 17.6 Å². The van der Waals surface area contributed by atoms with Crippen molar-refractivity contribution in [2.75, 3.05) is 6.54 Å². The van der Waals surface area contributed by atoms with Crippen molar-refractivity contribution in [2.45, 2.75) is 12.5 Å². The van der Waals surface area contributed by atoms with E-state index in [0.717, 1.165) is 18.0 Å². The van der Waals surface area contributed by atoms with Gasteiger partial charge >= 0.3 is 0 Å². The Kier molecular flexibility index (Phi) is 1.85. The largest absolute Gasteiger partial charge is 0.309 e. The van der Waals surface area contributed by atoms with Crippen molar-refractivity contribution in [1.29, 1.82) is 0 Å². The van der Waals surface area contributed by atoms with Gasteiger partial charge in [-0.15, -0.1) is 0 Å². The number of fused-ring (bicyclic) bond motifs is 1. The summed E-state index contributed by atoms with van der Waals surface area (Å²) in [6.45, 7) is 1.15. The smallest absolute Gasteiger partial charge is 0.0595 e. The number of hydrogen-bond donors (Lipinski definition) is 1. The third-order valence-corrected chi connectivity index (χ3v) is 3.29. The number of aromatic nitrogens is 1.